The molecule has 1 N–H and O–H groups in total. The van der Waals surface area contributed by atoms with Crippen LogP contribution in [-0.2, 0) is 4.79 Å². The van der Waals surface area contributed by atoms with Crippen LogP contribution in [0, 0.1) is 11.8 Å². The minimum absolute atomic E-state index is 0.324. The first-order valence-corrected chi connectivity index (χ1v) is 6.70. The molecule has 1 aliphatic carbocycles. The number of likely N-dealkylation sites (tertiary alicyclic amines) is 1. The smallest absolute Gasteiger partial charge is 0.303 e. The van der Waals surface area contributed by atoms with Gasteiger partial charge in [0.15, 0.2) is 0 Å². The number of hydrogen-bond donors (Lipinski definition) is 1. The van der Waals surface area contributed by atoms with Crippen LogP contribution in [0.25, 0.3) is 0 Å². The third-order valence-electron chi connectivity index (χ3n) is 4.24. The molecule has 2 rings (SSSR count). The molecule has 0 spiro atoms. The zero-order chi connectivity index (χ0) is 11.4. The lowest BCUT2D eigenvalue weighted by Gasteiger charge is -2.41. The van der Waals surface area contributed by atoms with E-state index in [1.807, 2.05) is 0 Å². The standard InChI is InChI=1S/C13H23NO2/c15-13(16)6-3-8-14-9-7-11-4-1-2-5-12(11)10-14/h11-12H,1-10H2,(H,15,16). The fraction of sp³-hybridized carbons (Fsp3) is 0.923. The molecule has 3 nitrogen and oxygen atoms in total. The van der Waals surface area contributed by atoms with Gasteiger partial charge >= 0.3 is 5.97 Å². The van der Waals surface area contributed by atoms with Gasteiger partial charge in [-0.1, -0.05) is 19.3 Å². The van der Waals surface area contributed by atoms with Crippen LogP contribution in [0.1, 0.15) is 44.9 Å². The van der Waals surface area contributed by atoms with Gasteiger partial charge in [0.1, 0.15) is 0 Å². The van der Waals surface area contributed by atoms with Gasteiger partial charge in [-0.3, -0.25) is 4.79 Å². The van der Waals surface area contributed by atoms with E-state index >= 15 is 0 Å². The highest BCUT2D eigenvalue weighted by molar-refractivity contribution is 5.66. The van der Waals surface area contributed by atoms with Crippen LogP contribution >= 0.6 is 0 Å². The molecule has 1 saturated heterocycles. The summed E-state index contributed by atoms with van der Waals surface area (Å²) >= 11 is 0. The molecule has 2 atom stereocenters. The van der Waals surface area contributed by atoms with Gasteiger partial charge in [-0.15, -0.1) is 0 Å². The van der Waals surface area contributed by atoms with Crippen molar-refractivity contribution >= 4 is 5.97 Å². The van der Waals surface area contributed by atoms with Crippen molar-refractivity contribution in [2.75, 3.05) is 19.6 Å². The molecule has 1 heterocycles. The Kier molecular flexibility index (Phi) is 4.22. The Morgan fingerprint density at radius 2 is 1.94 bits per heavy atom. The summed E-state index contributed by atoms with van der Waals surface area (Å²) in [5, 5.41) is 8.61. The Bertz CT molecular complexity index is 242. The lowest BCUT2D eigenvalue weighted by atomic mass is 9.75. The lowest BCUT2D eigenvalue weighted by molar-refractivity contribution is -0.137. The summed E-state index contributed by atoms with van der Waals surface area (Å²) < 4.78 is 0. The molecule has 16 heavy (non-hydrogen) atoms. The Hall–Kier alpha value is -0.570. The molecule has 0 bridgehead atoms. The van der Waals surface area contributed by atoms with Gasteiger partial charge in [0.25, 0.3) is 0 Å². The highest BCUT2D eigenvalue weighted by atomic mass is 16.4. The first-order valence-electron chi connectivity index (χ1n) is 6.70. The Morgan fingerprint density at radius 3 is 2.69 bits per heavy atom. The van der Waals surface area contributed by atoms with E-state index < -0.39 is 5.97 Å². The number of carbonyl (C=O) groups is 1. The summed E-state index contributed by atoms with van der Waals surface area (Å²) in [6.07, 6.45) is 8.16. The van der Waals surface area contributed by atoms with Crippen LogP contribution in [0.4, 0.5) is 0 Å². The van der Waals surface area contributed by atoms with E-state index in [9.17, 15) is 4.79 Å². The molecule has 1 saturated carbocycles. The van der Waals surface area contributed by atoms with Crippen molar-refractivity contribution in [2.45, 2.75) is 44.9 Å². The second kappa shape index (κ2) is 5.67. The van der Waals surface area contributed by atoms with Crippen molar-refractivity contribution < 1.29 is 9.90 Å². The minimum atomic E-state index is -0.660. The Balaban J connectivity index is 1.70. The normalized spacial score (nSPS) is 31.0. The fourth-order valence-electron chi connectivity index (χ4n) is 3.33. The molecule has 2 unspecified atom stereocenters. The Labute approximate surface area is 97.8 Å². The second-order valence-electron chi connectivity index (χ2n) is 5.39. The lowest BCUT2D eigenvalue weighted by Crippen LogP contribution is -2.42. The zero-order valence-electron chi connectivity index (χ0n) is 10.0. The molecule has 0 aromatic rings. The molecule has 1 aliphatic heterocycles. The van der Waals surface area contributed by atoms with Crippen molar-refractivity contribution in [3.05, 3.63) is 0 Å². The maximum absolute atomic E-state index is 10.5. The number of hydrogen-bond acceptors (Lipinski definition) is 2. The fourth-order valence-corrected chi connectivity index (χ4v) is 3.33. The quantitative estimate of drug-likeness (QED) is 0.798. The van der Waals surface area contributed by atoms with Crippen molar-refractivity contribution in [1.29, 1.82) is 0 Å². The summed E-state index contributed by atoms with van der Waals surface area (Å²) in [5.41, 5.74) is 0. The summed E-state index contributed by atoms with van der Waals surface area (Å²) in [6.45, 7) is 3.40. The third-order valence-corrected chi connectivity index (χ3v) is 4.24. The van der Waals surface area contributed by atoms with E-state index in [-0.39, 0.29) is 0 Å². The maximum atomic E-state index is 10.5. The van der Waals surface area contributed by atoms with Crippen LogP contribution in [0.5, 0.6) is 0 Å². The van der Waals surface area contributed by atoms with Gasteiger partial charge in [0, 0.05) is 13.0 Å². The molecule has 2 fully saturated rings. The molecule has 0 radical (unpaired) electrons. The van der Waals surface area contributed by atoms with E-state index in [2.05, 4.69) is 4.90 Å². The monoisotopic (exact) mass is 225 g/mol. The van der Waals surface area contributed by atoms with Crippen LogP contribution in [0.3, 0.4) is 0 Å². The van der Waals surface area contributed by atoms with E-state index in [1.54, 1.807) is 0 Å². The second-order valence-corrected chi connectivity index (χ2v) is 5.39. The van der Waals surface area contributed by atoms with E-state index in [0.29, 0.717) is 6.42 Å². The molecule has 0 amide bonds. The maximum Gasteiger partial charge on any atom is 0.303 e. The summed E-state index contributed by atoms with van der Waals surface area (Å²) in [6, 6.07) is 0. The number of rotatable bonds is 4. The molecule has 0 aromatic carbocycles. The van der Waals surface area contributed by atoms with Crippen molar-refractivity contribution in [1.82, 2.24) is 4.90 Å². The molecule has 2 aliphatic rings. The molecular weight excluding hydrogens is 202 g/mol. The van der Waals surface area contributed by atoms with Crippen molar-refractivity contribution in [3.8, 4) is 0 Å². The van der Waals surface area contributed by atoms with E-state index in [1.165, 1.54) is 45.2 Å². The number of carboxylic acid groups (broad SMARTS) is 1. The largest absolute Gasteiger partial charge is 0.481 e. The van der Waals surface area contributed by atoms with Gasteiger partial charge in [-0.2, -0.15) is 0 Å². The SMILES string of the molecule is O=C(O)CCCN1CCC2CCCCC2C1. The van der Waals surface area contributed by atoms with Gasteiger partial charge in [0.05, 0.1) is 0 Å². The van der Waals surface area contributed by atoms with Crippen LogP contribution in [0.15, 0.2) is 0 Å². The van der Waals surface area contributed by atoms with Gasteiger partial charge in [-0.05, 0) is 44.2 Å². The molecule has 0 aromatic heterocycles. The van der Waals surface area contributed by atoms with E-state index in [0.717, 1.165) is 24.8 Å². The highest BCUT2D eigenvalue weighted by Gasteiger charge is 2.30. The average molecular weight is 225 g/mol. The number of nitrogens with zero attached hydrogens (tertiary/aromatic N) is 1. The topological polar surface area (TPSA) is 40.5 Å². The summed E-state index contributed by atoms with van der Waals surface area (Å²) in [7, 11) is 0. The first-order chi connectivity index (χ1) is 7.75. The minimum Gasteiger partial charge on any atom is -0.481 e. The molecular formula is C13H23NO2. The predicted octanol–water partition coefficient (Wildman–Crippen LogP) is 2.36. The van der Waals surface area contributed by atoms with Gasteiger partial charge < -0.3 is 10.0 Å². The number of piperidine rings is 1. The average Bonchev–Trinajstić information content (AvgIpc) is 2.28. The van der Waals surface area contributed by atoms with Crippen LogP contribution in [-0.4, -0.2) is 35.6 Å². The predicted molar refractivity (Wildman–Crippen MR) is 63.4 cm³/mol. The van der Waals surface area contributed by atoms with Gasteiger partial charge in [0.2, 0.25) is 0 Å². The number of aliphatic carboxylic acids is 1. The molecule has 3 heteroatoms. The van der Waals surface area contributed by atoms with Crippen molar-refractivity contribution in [2.24, 2.45) is 11.8 Å². The van der Waals surface area contributed by atoms with Crippen molar-refractivity contribution in [3.63, 3.8) is 0 Å². The highest BCUT2D eigenvalue weighted by Crippen LogP contribution is 2.35. The van der Waals surface area contributed by atoms with E-state index in [4.69, 9.17) is 5.11 Å². The summed E-state index contributed by atoms with van der Waals surface area (Å²) in [5.74, 6) is 1.23. The zero-order valence-corrected chi connectivity index (χ0v) is 10.0. The third kappa shape index (κ3) is 3.21. The van der Waals surface area contributed by atoms with Crippen LogP contribution in [0.2, 0.25) is 0 Å². The van der Waals surface area contributed by atoms with Crippen LogP contribution < -0.4 is 0 Å². The molecule has 92 valence electrons. The first kappa shape index (κ1) is 11.9. The summed E-state index contributed by atoms with van der Waals surface area (Å²) in [4.78, 5) is 12.9. The number of carboxylic acids is 1. The Morgan fingerprint density at radius 1 is 1.19 bits per heavy atom. The van der Waals surface area contributed by atoms with Gasteiger partial charge in [-0.25, -0.2) is 0 Å². The number of fused-ring (bicyclic) bond motifs is 1.